The zero-order valence-corrected chi connectivity index (χ0v) is 21.7. The van der Waals surface area contributed by atoms with Gasteiger partial charge in [-0.1, -0.05) is 41.5 Å². The van der Waals surface area contributed by atoms with E-state index >= 15 is 0 Å². The van der Waals surface area contributed by atoms with Crippen molar-refractivity contribution in [1.82, 2.24) is 29.7 Å². The molecular weight excluding hydrogens is 414 g/mol. The maximum absolute atomic E-state index is 4.53. The summed E-state index contributed by atoms with van der Waals surface area (Å²) in [6.45, 7) is 18.7. The Bertz CT molecular complexity index is 592. The summed E-state index contributed by atoms with van der Waals surface area (Å²) in [7, 11) is 0. The fraction of sp³-hybridized carbons (Fsp3) is 0.750. The minimum absolute atomic E-state index is 0.330. The first kappa shape index (κ1) is 28.5. The quantitative estimate of drug-likeness (QED) is 0.221. The zero-order chi connectivity index (χ0) is 24.3. The van der Waals surface area contributed by atoms with Gasteiger partial charge in [0.15, 0.2) is 0 Å². The molecule has 1 heterocycles. The molecule has 0 spiro atoms. The molecule has 0 radical (unpaired) electrons. The van der Waals surface area contributed by atoms with E-state index in [0.717, 1.165) is 77.8 Å². The molecule has 0 saturated carbocycles. The van der Waals surface area contributed by atoms with Crippen LogP contribution in [0.3, 0.4) is 0 Å². The van der Waals surface area contributed by atoms with E-state index in [1.54, 1.807) is 0 Å². The van der Waals surface area contributed by atoms with E-state index in [9.17, 15) is 0 Å². The smallest absolute Gasteiger partial charge is 0.257 e. The van der Waals surface area contributed by atoms with Crippen molar-refractivity contribution >= 4 is 36.9 Å². The summed E-state index contributed by atoms with van der Waals surface area (Å²) in [5, 5.41) is 0. The number of aliphatic imine (C=N–C) groups is 3. The molecule has 0 aliphatic heterocycles. The molecule has 9 heteroatoms. The summed E-state index contributed by atoms with van der Waals surface area (Å²) in [6.07, 6.45) is 11.8. The fourth-order valence-electron chi connectivity index (χ4n) is 3.32. The van der Waals surface area contributed by atoms with Crippen LogP contribution in [0.5, 0.6) is 0 Å². The Balaban J connectivity index is 3.22. The molecule has 0 fully saturated rings. The Hall–Kier alpha value is -2.58. The average molecular weight is 460 g/mol. The molecule has 1 rings (SSSR count). The Morgan fingerprint density at radius 2 is 0.667 bits per heavy atom. The third-order valence-corrected chi connectivity index (χ3v) is 4.67. The summed E-state index contributed by atoms with van der Waals surface area (Å²) < 4.78 is 0. The average Bonchev–Trinajstić information content (AvgIpc) is 2.80. The molecular formula is C24H45N9. The van der Waals surface area contributed by atoms with Crippen LogP contribution in [0, 0.1) is 0 Å². The summed E-state index contributed by atoms with van der Waals surface area (Å²) in [5.74, 6) is 0.990. The van der Waals surface area contributed by atoms with Crippen molar-refractivity contribution < 1.29 is 0 Å². The molecule has 1 aromatic heterocycles. The van der Waals surface area contributed by atoms with Crippen LogP contribution < -0.4 is 0 Å². The van der Waals surface area contributed by atoms with Gasteiger partial charge in [0.25, 0.3) is 17.8 Å². The third-order valence-electron chi connectivity index (χ3n) is 4.67. The molecule has 33 heavy (non-hydrogen) atoms. The van der Waals surface area contributed by atoms with Gasteiger partial charge in [0.1, 0.15) is 0 Å². The first-order valence-corrected chi connectivity index (χ1v) is 12.7. The minimum Gasteiger partial charge on any atom is -0.363 e. The van der Waals surface area contributed by atoms with E-state index in [-0.39, 0.29) is 0 Å². The maximum Gasteiger partial charge on any atom is 0.257 e. The second-order valence-corrected chi connectivity index (χ2v) is 8.08. The van der Waals surface area contributed by atoms with E-state index in [2.05, 4.69) is 86.2 Å². The first-order valence-electron chi connectivity index (χ1n) is 12.7. The van der Waals surface area contributed by atoms with Crippen LogP contribution in [-0.2, 0) is 0 Å². The van der Waals surface area contributed by atoms with Crippen LogP contribution in [-0.4, -0.2) is 87.9 Å². The molecule has 0 atom stereocenters. The van der Waals surface area contributed by atoms with Crippen LogP contribution in [0.15, 0.2) is 15.0 Å². The molecule has 0 N–H and O–H groups in total. The highest BCUT2D eigenvalue weighted by Crippen LogP contribution is 2.16. The monoisotopic (exact) mass is 459 g/mol. The Morgan fingerprint density at radius 1 is 0.455 bits per heavy atom. The number of nitrogens with zero attached hydrogens (tertiary/aromatic N) is 9. The van der Waals surface area contributed by atoms with Gasteiger partial charge in [0.05, 0.1) is 19.0 Å². The van der Waals surface area contributed by atoms with Crippen LogP contribution in [0.25, 0.3) is 0 Å². The number of hydrogen-bond acceptors (Lipinski definition) is 6. The fourth-order valence-corrected chi connectivity index (χ4v) is 3.32. The van der Waals surface area contributed by atoms with Crippen molar-refractivity contribution in [2.24, 2.45) is 15.0 Å². The van der Waals surface area contributed by atoms with Gasteiger partial charge in [-0.25, -0.2) is 15.0 Å². The van der Waals surface area contributed by atoms with Gasteiger partial charge in [0, 0.05) is 39.3 Å². The normalized spacial score (nSPS) is 11.8. The Morgan fingerprint density at radius 3 is 0.848 bits per heavy atom. The first-order chi connectivity index (χ1) is 16.1. The lowest BCUT2D eigenvalue weighted by atomic mass is 10.4. The van der Waals surface area contributed by atoms with Crippen molar-refractivity contribution in [3.05, 3.63) is 0 Å². The predicted octanol–water partition coefficient (Wildman–Crippen LogP) is 5.22. The highest BCUT2D eigenvalue weighted by atomic mass is 15.3. The van der Waals surface area contributed by atoms with E-state index in [0.29, 0.717) is 17.8 Å². The SMILES string of the molecule is CCCN(C=Nc1nc(N=CN(CCC)CCC)nc(N=CN(CCC)CCC)n1)CCC. The maximum atomic E-state index is 4.53. The van der Waals surface area contributed by atoms with Gasteiger partial charge in [-0.2, -0.15) is 15.0 Å². The number of aromatic nitrogens is 3. The van der Waals surface area contributed by atoms with Crippen LogP contribution >= 0.6 is 0 Å². The van der Waals surface area contributed by atoms with E-state index in [4.69, 9.17) is 0 Å². The summed E-state index contributed by atoms with van der Waals surface area (Å²) >= 11 is 0. The lowest BCUT2D eigenvalue weighted by Gasteiger charge is -2.17. The largest absolute Gasteiger partial charge is 0.363 e. The highest BCUT2D eigenvalue weighted by molar-refractivity contribution is 5.62. The summed E-state index contributed by atoms with van der Waals surface area (Å²) in [4.78, 5) is 33.5. The van der Waals surface area contributed by atoms with Crippen molar-refractivity contribution in [2.45, 2.75) is 80.1 Å². The topological polar surface area (TPSA) is 85.5 Å². The number of hydrogen-bond donors (Lipinski definition) is 0. The molecule has 0 aliphatic rings. The summed E-state index contributed by atoms with van der Waals surface area (Å²) in [6, 6.07) is 0. The Labute approximate surface area is 201 Å². The third kappa shape index (κ3) is 12.3. The second kappa shape index (κ2) is 17.9. The van der Waals surface area contributed by atoms with Crippen LogP contribution in [0.4, 0.5) is 17.8 Å². The van der Waals surface area contributed by atoms with Crippen molar-refractivity contribution in [1.29, 1.82) is 0 Å². The minimum atomic E-state index is 0.330. The van der Waals surface area contributed by atoms with Crippen LogP contribution in [0.2, 0.25) is 0 Å². The van der Waals surface area contributed by atoms with Gasteiger partial charge in [-0.05, 0) is 38.5 Å². The van der Waals surface area contributed by atoms with Gasteiger partial charge in [-0.15, -0.1) is 0 Å². The molecule has 0 aromatic carbocycles. The van der Waals surface area contributed by atoms with Gasteiger partial charge in [-0.3, -0.25) is 0 Å². The lowest BCUT2D eigenvalue weighted by Crippen LogP contribution is -2.24. The predicted molar refractivity (Wildman–Crippen MR) is 141 cm³/mol. The Kier molecular flexibility index (Phi) is 15.4. The summed E-state index contributed by atoms with van der Waals surface area (Å²) in [5.41, 5.74) is 0. The van der Waals surface area contributed by atoms with E-state index in [1.165, 1.54) is 0 Å². The molecule has 0 unspecified atom stereocenters. The molecule has 0 aliphatic carbocycles. The van der Waals surface area contributed by atoms with E-state index in [1.807, 2.05) is 19.0 Å². The molecule has 0 bridgehead atoms. The van der Waals surface area contributed by atoms with Crippen molar-refractivity contribution in [3.8, 4) is 0 Å². The molecule has 186 valence electrons. The van der Waals surface area contributed by atoms with Crippen molar-refractivity contribution in [2.75, 3.05) is 39.3 Å². The standard InChI is InChI=1S/C24H45N9/c1-7-13-31(14-8-2)19-25-22-28-23(26-20-32(15-9-3)16-10-4)30-24(29-22)27-21-33(17-11-5)18-12-6/h19-21H,7-18H2,1-6H3. The van der Waals surface area contributed by atoms with Crippen molar-refractivity contribution in [3.63, 3.8) is 0 Å². The molecule has 0 amide bonds. The zero-order valence-electron chi connectivity index (χ0n) is 21.7. The molecule has 0 saturated heterocycles. The molecule has 1 aromatic rings. The number of rotatable bonds is 18. The van der Waals surface area contributed by atoms with Gasteiger partial charge >= 0.3 is 0 Å². The van der Waals surface area contributed by atoms with Crippen LogP contribution in [0.1, 0.15) is 80.1 Å². The van der Waals surface area contributed by atoms with Gasteiger partial charge < -0.3 is 14.7 Å². The lowest BCUT2D eigenvalue weighted by molar-refractivity contribution is 0.428. The second-order valence-electron chi connectivity index (χ2n) is 8.08. The highest BCUT2D eigenvalue weighted by Gasteiger charge is 2.06. The molecule has 9 nitrogen and oxygen atoms in total. The van der Waals surface area contributed by atoms with E-state index < -0.39 is 0 Å². The van der Waals surface area contributed by atoms with Gasteiger partial charge in [0.2, 0.25) is 0 Å².